The van der Waals surface area contributed by atoms with Crippen LogP contribution in [0.4, 0.5) is 22.9 Å². The van der Waals surface area contributed by atoms with Crippen LogP contribution < -0.4 is 15.5 Å². The lowest BCUT2D eigenvalue weighted by molar-refractivity contribution is -0.114. The molecule has 146 valence electrons. The molecule has 0 spiro atoms. The number of hydrogen-bond acceptors (Lipinski definition) is 5. The van der Waals surface area contributed by atoms with Gasteiger partial charge in [0.15, 0.2) is 0 Å². The molecule has 0 saturated carbocycles. The van der Waals surface area contributed by atoms with E-state index in [2.05, 4.69) is 44.6 Å². The number of nitrogens with one attached hydrogen (secondary N) is 2. The first-order valence-electron chi connectivity index (χ1n) is 9.39. The molecule has 1 unspecified atom stereocenters. The number of anilines is 4. The average Bonchev–Trinajstić information content (AvgIpc) is 3.05. The predicted molar refractivity (Wildman–Crippen MR) is 112 cm³/mol. The van der Waals surface area contributed by atoms with Crippen molar-refractivity contribution in [3.8, 4) is 0 Å². The van der Waals surface area contributed by atoms with Gasteiger partial charge in [-0.1, -0.05) is 18.2 Å². The molecule has 3 aromatic rings. The Balaban J connectivity index is 1.53. The minimum atomic E-state index is -0.318. The monoisotopic (exact) mass is 387 g/mol. The van der Waals surface area contributed by atoms with Crippen molar-refractivity contribution in [2.75, 3.05) is 15.5 Å². The van der Waals surface area contributed by atoms with Gasteiger partial charge in [-0.2, -0.15) is 0 Å². The van der Waals surface area contributed by atoms with Crippen LogP contribution in [0.3, 0.4) is 0 Å². The first-order chi connectivity index (χ1) is 14.0. The van der Waals surface area contributed by atoms with Crippen LogP contribution in [0.25, 0.3) is 0 Å². The zero-order valence-electron chi connectivity index (χ0n) is 16.2. The Bertz CT molecular complexity index is 1060. The maximum atomic E-state index is 12.7. The molecule has 0 bridgehead atoms. The second kappa shape index (κ2) is 7.71. The molecule has 1 aliphatic rings. The van der Waals surface area contributed by atoms with Crippen LogP contribution in [-0.4, -0.2) is 27.8 Å². The van der Waals surface area contributed by atoms with Gasteiger partial charge >= 0.3 is 0 Å². The quantitative estimate of drug-likeness (QED) is 0.712. The summed E-state index contributed by atoms with van der Waals surface area (Å²) in [5.41, 5.74) is 3.95. The Labute approximate surface area is 168 Å². The third-order valence-corrected chi connectivity index (χ3v) is 4.80. The van der Waals surface area contributed by atoms with Crippen molar-refractivity contribution in [1.82, 2.24) is 9.97 Å². The molecular formula is C22H21N5O2. The van der Waals surface area contributed by atoms with Crippen molar-refractivity contribution in [3.05, 3.63) is 72.2 Å². The van der Waals surface area contributed by atoms with E-state index in [9.17, 15) is 9.59 Å². The van der Waals surface area contributed by atoms with E-state index in [1.807, 2.05) is 12.1 Å². The molecular weight excluding hydrogens is 366 g/mol. The van der Waals surface area contributed by atoms with E-state index in [4.69, 9.17) is 0 Å². The van der Waals surface area contributed by atoms with Crippen LogP contribution in [0, 0.1) is 0 Å². The third-order valence-electron chi connectivity index (χ3n) is 4.80. The van der Waals surface area contributed by atoms with Gasteiger partial charge in [-0.25, -0.2) is 9.97 Å². The van der Waals surface area contributed by atoms with E-state index in [1.54, 1.807) is 30.3 Å². The molecule has 0 aliphatic carbocycles. The Kier molecular flexibility index (Phi) is 4.95. The maximum absolute atomic E-state index is 12.7. The van der Waals surface area contributed by atoms with E-state index >= 15 is 0 Å². The largest absolute Gasteiger partial charge is 0.326 e. The van der Waals surface area contributed by atoms with Gasteiger partial charge < -0.3 is 15.5 Å². The van der Waals surface area contributed by atoms with Gasteiger partial charge in [0, 0.05) is 36.1 Å². The number of para-hydroxylation sites is 1. The standard InChI is InChI=1S/C22H21N5O2/c1-14-11-16-5-3-4-6-20(16)27(14)21-12-19(23-13-24-21)22(29)26-18-9-7-17(8-10-18)25-15(2)28/h3-10,12-14H,11H2,1-2H3,(H,25,28)(H,26,29). The van der Waals surface area contributed by atoms with Crippen molar-refractivity contribution in [2.24, 2.45) is 0 Å². The fourth-order valence-electron chi connectivity index (χ4n) is 3.55. The summed E-state index contributed by atoms with van der Waals surface area (Å²) in [4.78, 5) is 34.5. The normalized spacial score (nSPS) is 15.0. The highest BCUT2D eigenvalue weighted by Gasteiger charge is 2.28. The van der Waals surface area contributed by atoms with Crippen LogP contribution >= 0.6 is 0 Å². The minimum absolute atomic E-state index is 0.145. The fraction of sp³-hybridized carbons (Fsp3) is 0.182. The summed E-state index contributed by atoms with van der Waals surface area (Å²) in [6, 6.07) is 17.1. The van der Waals surface area contributed by atoms with Crippen molar-refractivity contribution >= 4 is 34.7 Å². The van der Waals surface area contributed by atoms with Crippen LogP contribution in [0.5, 0.6) is 0 Å². The van der Waals surface area contributed by atoms with Crippen LogP contribution in [0.1, 0.15) is 29.9 Å². The smallest absolute Gasteiger partial charge is 0.274 e. The Morgan fingerprint density at radius 1 is 1.00 bits per heavy atom. The lowest BCUT2D eigenvalue weighted by Crippen LogP contribution is -2.25. The highest BCUT2D eigenvalue weighted by Crippen LogP contribution is 2.37. The fourth-order valence-corrected chi connectivity index (χ4v) is 3.55. The maximum Gasteiger partial charge on any atom is 0.274 e. The zero-order valence-corrected chi connectivity index (χ0v) is 16.2. The summed E-state index contributed by atoms with van der Waals surface area (Å²) in [5.74, 6) is 0.234. The summed E-state index contributed by atoms with van der Waals surface area (Å²) in [7, 11) is 0. The summed E-state index contributed by atoms with van der Waals surface area (Å²) in [6.45, 7) is 3.58. The van der Waals surface area contributed by atoms with E-state index in [-0.39, 0.29) is 23.6 Å². The Hall–Kier alpha value is -3.74. The van der Waals surface area contributed by atoms with Gasteiger partial charge in [-0.3, -0.25) is 9.59 Å². The second-order valence-corrected chi connectivity index (χ2v) is 7.03. The summed E-state index contributed by atoms with van der Waals surface area (Å²) in [6.07, 6.45) is 2.35. The van der Waals surface area contributed by atoms with E-state index in [0.717, 1.165) is 12.1 Å². The van der Waals surface area contributed by atoms with Crippen LogP contribution in [0.2, 0.25) is 0 Å². The highest BCUT2D eigenvalue weighted by molar-refractivity contribution is 6.03. The van der Waals surface area contributed by atoms with Gasteiger partial charge in [0.25, 0.3) is 5.91 Å². The Morgan fingerprint density at radius 2 is 1.69 bits per heavy atom. The van der Waals surface area contributed by atoms with Crippen molar-refractivity contribution in [1.29, 1.82) is 0 Å². The van der Waals surface area contributed by atoms with Crippen LogP contribution in [-0.2, 0) is 11.2 Å². The van der Waals surface area contributed by atoms with E-state index in [0.29, 0.717) is 17.2 Å². The molecule has 0 fully saturated rings. The molecule has 1 aromatic heterocycles. The zero-order chi connectivity index (χ0) is 20.4. The van der Waals surface area contributed by atoms with Gasteiger partial charge in [-0.05, 0) is 49.2 Å². The third kappa shape index (κ3) is 3.94. The first kappa shape index (κ1) is 18.6. The number of carbonyl (C=O) groups is 2. The minimum Gasteiger partial charge on any atom is -0.326 e. The molecule has 1 aliphatic heterocycles. The van der Waals surface area contributed by atoms with Crippen molar-refractivity contribution in [3.63, 3.8) is 0 Å². The first-order valence-corrected chi connectivity index (χ1v) is 9.39. The second-order valence-electron chi connectivity index (χ2n) is 7.03. The number of carbonyl (C=O) groups excluding carboxylic acids is 2. The Morgan fingerprint density at radius 3 is 2.41 bits per heavy atom. The lowest BCUT2D eigenvalue weighted by atomic mass is 10.1. The molecule has 1 atom stereocenters. The molecule has 2 aromatic carbocycles. The summed E-state index contributed by atoms with van der Waals surface area (Å²) in [5, 5.41) is 5.52. The number of hydrogen-bond donors (Lipinski definition) is 2. The molecule has 7 nitrogen and oxygen atoms in total. The number of aromatic nitrogens is 2. The summed E-state index contributed by atoms with van der Waals surface area (Å²) < 4.78 is 0. The van der Waals surface area contributed by atoms with Crippen molar-refractivity contribution < 1.29 is 9.59 Å². The predicted octanol–water partition coefficient (Wildman–Crippen LogP) is 3.77. The SMILES string of the molecule is CC(=O)Nc1ccc(NC(=O)c2cc(N3c4ccccc4CC3C)ncn2)cc1. The molecule has 2 heterocycles. The van der Waals surface area contributed by atoms with Gasteiger partial charge in [-0.15, -0.1) is 0 Å². The highest BCUT2D eigenvalue weighted by atomic mass is 16.2. The number of benzene rings is 2. The van der Waals surface area contributed by atoms with E-state index in [1.165, 1.54) is 18.8 Å². The van der Waals surface area contributed by atoms with Crippen molar-refractivity contribution in [2.45, 2.75) is 26.3 Å². The van der Waals surface area contributed by atoms with E-state index < -0.39 is 0 Å². The van der Waals surface area contributed by atoms with Crippen LogP contribution in [0.15, 0.2) is 60.9 Å². The van der Waals surface area contributed by atoms with Gasteiger partial charge in [0.2, 0.25) is 5.91 Å². The topological polar surface area (TPSA) is 87.2 Å². The number of rotatable bonds is 4. The number of amides is 2. The molecule has 2 amide bonds. The molecule has 7 heteroatoms. The summed E-state index contributed by atoms with van der Waals surface area (Å²) >= 11 is 0. The molecule has 0 radical (unpaired) electrons. The molecule has 2 N–H and O–H groups in total. The molecule has 0 saturated heterocycles. The van der Waals surface area contributed by atoms with Gasteiger partial charge in [0.05, 0.1) is 0 Å². The number of fused-ring (bicyclic) bond motifs is 1. The van der Waals surface area contributed by atoms with Gasteiger partial charge in [0.1, 0.15) is 17.8 Å². The molecule has 29 heavy (non-hydrogen) atoms. The lowest BCUT2D eigenvalue weighted by Gasteiger charge is -2.23. The average molecular weight is 387 g/mol. The molecule has 4 rings (SSSR count). The number of nitrogens with zero attached hydrogens (tertiary/aromatic N) is 3.